The number of hydrogen-bond donors (Lipinski definition) is 2. The van der Waals surface area contributed by atoms with E-state index in [1.807, 2.05) is 13.8 Å². The van der Waals surface area contributed by atoms with Crippen molar-refractivity contribution in [3.8, 4) is 0 Å². The fraction of sp³-hybridized carbons (Fsp3) is 0.538. The first-order valence-corrected chi connectivity index (χ1v) is 6.10. The summed E-state index contributed by atoms with van der Waals surface area (Å²) in [6, 6.07) is 1.74. The van der Waals surface area contributed by atoms with Crippen molar-refractivity contribution in [2.24, 2.45) is 5.92 Å². The Balaban J connectivity index is 1.93. The molecule has 0 unspecified atom stereocenters. The van der Waals surface area contributed by atoms with Crippen LogP contribution in [0.2, 0.25) is 0 Å². The van der Waals surface area contributed by atoms with Gasteiger partial charge in [-0.3, -0.25) is 9.59 Å². The molecule has 2 N–H and O–H groups in total. The first kappa shape index (κ1) is 12.7. The van der Waals surface area contributed by atoms with Gasteiger partial charge in [0.05, 0.1) is 12.2 Å². The maximum absolute atomic E-state index is 12.0. The van der Waals surface area contributed by atoms with Crippen LogP contribution >= 0.6 is 0 Å². The maximum atomic E-state index is 12.0. The molecule has 1 aliphatic carbocycles. The average molecular weight is 251 g/mol. The highest BCUT2D eigenvalue weighted by atomic mass is 16.4. The SMILES string of the molecule is CC(C)c1ccoc1C(=O)NC1CC(C(=O)O)C1. The summed E-state index contributed by atoms with van der Waals surface area (Å²) in [6.45, 7) is 3.98. The monoisotopic (exact) mass is 251 g/mol. The number of aliphatic carboxylic acids is 1. The standard InChI is InChI=1S/C13H17NO4/c1-7(2)10-3-4-18-11(10)12(15)14-9-5-8(6-9)13(16)17/h3-4,7-9H,5-6H2,1-2H3,(H,14,15)(H,16,17). The van der Waals surface area contributed by atoms with Crippen molar-refractivity contribution < 1.29 is 19.1 Å². The van der Waals surface area contributed by atoms with Gasteiger partial charge in [-0.25, -0.2) is 0 Å². The van der Waals surface area contributed by atoms with Crippen LogP contribution in [0.3, 0.4) is 0 Å². The van der Waals surface area contributed by atoms with E-state index in [1.165, 1.54) is 6.26 Å². The highest BCUT2D eigenvalue weighted by molar-refractivity contribution is 5.93. The highest BCUT2D eigenvalue weighted by Crippen LogP contribution is 2.28. The molecule has 1 saturated carbocycles. The van der Waals surface area contributed by atoms with Crippen molar-refractivity contribution in [2.75, 3.05) is 0 Å². The number of carbonyl (C=O) groups excluding carboxylic acids is 1. The lowest BCUT2D eigenvalue weighted by Gasteiger charge is -2.32. The van der Waals surface area contributed by atoms with Gasteiger partial charge < -0.3 is 14.8 Å². The second kappa shape index (κ2) is 4.84. The van der Waals surface area contributed by atoms with Crippen LogP contribution < -0.4 is 5.32 Å². The number of carboxylic acid groups (broad SMARTS) is 1. The maximum Gasteiger partial charge on any atom is 0.306 e. The Hall–Kier alpha value is -1.78. The number of carboxylic acids is 1. The zero-order valence-corrected chi connectivity index (χ0v) is 10.5. The van der Waals surface area contributed by atoms with E-state index in [2.05, 4.69) is 5.32 Å². The van der Waals surface area contributed by atoms with Gasteiger partial charge in [0, 0.05) is 11.6 Å². The lowest BCUT2D eigenvalue weighted by Crippen LogP contribution is -2.46. The fourth-order valence-corrected chi connectivity index (χ4v) is 2.15. The Morgan fingerprint density at radius 1 is 1.44 bits per heavy atom. The Morgan fingerprint density at radius 2 is 2.11 bits per heavy atom. The molecule has 0 aromatic carbocycles. The first-order valence-electron chi connectivity index (χ1n) is 6.10. The molecule has 1 amide bonds. The summed E-state index contributed by atoms with van der Waals surface area (Å²) in [5.41, 5.74) is 0.876. The van der Waals surface area contributed by atoms with E-state index in [0.717, 1.165) is 5.56 Å². The molecule has 1 heterocycles. The van der Waals surface area contributed by atoms with Crippen LogP contribution in [-0.4, -0.2) is 23.0 Å². The summed E-state index contributed by atoms with van der Waals surface area (Å²) in [5, 5.41) is 11.6. The summed E-state index contributed by atoms with van der Waals surface area (Å²) in [5.74, 6) is -0.809. The van der Waals surface area contributed by atoms with Gasteiger partial charge in [0.2, 0.25) is 0 Å². The van der Waals surface area contributed by atoms with Crippen LogP contribution in [0.1, 0.15) is 48.7 Å². The third-order valence-corrected chi connectivity index (χ3v) is 3.35. The Labute approximate surface area is 105 Å². The van der Waals surface area contributed by atoms with E-state index in [0.29, 0.717) is 18.6 Å². The number of furan rings is 1. The predicted octanol–water partition coefficient (Wildman–Crippen LogP) is 2.00. The molecule has 0 radical (unpaired) electrons. The van der Waals surface area contributed by atoms with Crippen LogP contribution in [0.15, 0.2) is 16.7 Å². The molecule has 1 fully saturated rings. The minimum Gasteiger partial charge on any atom is -0.481 e. The van der Waals surface area contributed by atoms with Crippen molar-refractivity contribution in [1.29, 1.82) is 0 Å². The van der Waals surface area contributed by atoms with Gasteiger partial charge in [-0.2, -0.15) is 0 Å². The summed E-state index contributed by atoms with van der Waals surface area (Å²) in [4.78, 5) is 22.6. The van der Waals surface area contributed by atoms with Crippen molar-refractivity contribution in [2.45, 2.75) is 38.6 Å². The second-order valence-corrected chi connectivity index (χ2v) is 5.04. The zero-order valence-electron chi connectivity index (χ0n) is 10.5. The van der Waals surface area contributed by atoms with Gasteiger partial charge in [-0.1, -0.05) is 13.8 Å². The smallest absolute Gasteiger partial charge is 0.306 e. The van der Waals surface area contributed by atoms with Crippen LogP contribution in [0, 0.1) is 5.92 Å². The predicted molar refractivity (Wildman–Crippen MR) is 64.4 cm³/mol. The van der Waals surface area contributed by atoms with Crippen LogP contribution in [0.25, 0.3) is 0 Å². The fourth-order valence-electron chi connectivity index (χ4n) is 2.15. The van der Waals surface area contributed by atoms with Crippen LogP contribution in [0.5, 0.6) is 0 Å². The first-order chi connectivity index (χ1) is 8.49. The van der Waals surface area contributed by atoms with Gasteiger partial charge in [-0.05, 0) is 24.8 Å². The van der Waals surface area contributed by atoms with Gasteiger partial charge in [0.15, 0.2) is 5.76 Å². The number of nitrogens with one attached hydrogen (secondary N) is 1. The second-order valence-electron chi connectivity index (χ2n) is 5.04. The van der Waals surface area contributed by atoms with E-state index in [1.54, 1.807) is 6.07 Å². The average Bonchev–Trinajstić information content (AvgIpc) is 2.70. The summed E-state index contributed by atoms with van der Waals surface area (Å²) in [7, 11) is 0. The molecule has 0 aliphatic heterocycles. The van der Waals surface area contributed by atoms with Crippen LogP contribution in [-0.2, 0) is 4.79 Å². The molecule has 5 heteroatoms. The molecular formula is C13H17NO4. The quantitative estimate of drug-likeness (QED) is 0.857. The Bertz CT molecular complexity index is 457. The molecule has 1 aliphatic rings. The third-order valence-electron chi connectivity index (χ3n) is 3.35. The lowest BCUT2D eigenvalue weighted by molar-refractivity contribution is -0.145. The number of hydrogen-bond acceptors (Lipinski definition) is 3. The van der Waals surface area contributed by atoms with Crippen molar-refractivity contribution >= 4 is 11.9 Å². The minimum atomic E-state index is -0.790. The lowest BCUT2D eigenvalue weighted by atomic mass is 9.80. The van der Waals surface area contributed by atoms with E-state index >= 15 is 0 Å². The van der Waals surface area contributed by atoms with Gasteiger partial charge in [0.1, 0.15) is 0 Å². The Morgan fingerprint density at radius 3 is 2.67 bits per heavy atom. The molecule has 1 aromatic heterocycles. The number of rotatable bonds is 4. The van der Waals surface area contributed by atoms with Gasteiger partial charge >= 0.3 is 5.97 Å². The molecule has 0 bridgehead atoms. The minimum absolute atomic E-state index is 0.0521. The van der Waals surface area contributed by atoms with E-state index in [9.17, 15) is 9.59 Å². The number of carbonyl (C=O) groups is 2. The van der Waals surface area contributed by atoms with E-state index < -0.39 is 5.97 Å². The molecule has 0 atom stereocenters. The summed E-state index contributed by atoms with van der Waals surface area (Å²) >= 11 is 0. The molecule has 5 nitrogen and oxygen atoms in total. The summed E-state index contributed by atoms with van der Waals surface area (Å²) < 4.78 is 5.20. The van der Waals surface area contributed by atoms with Gasteiger partial charge in [-0.15, -0.1) is 0 Å². The molecule has 2 rings (SSSR count). The third kappa shape index (κ3) is 2.39. The molecule has 0 spiro atoms. The highest BCUT2D eigenvalue weighted by Gasteiger charge is 2.36. The molecule has 0 saturated heterocycles. The topological polar surface area (TPSA) is 79.5 Å². The van der Waals surface area contributed by atoms with E-state index in [4.69, 9.17) is 9.52 Å². The largest absolute Gasteiger partial charge is 0.481 e. The van der Waals surface area contributed by atoms with Gasteiger partial charge in [0.25, 0.3) is 5.91 Å². The molecular weight excluding hydrogens is 234 g/mol. The zero-order chi connectivity index (χ0) is 13.3. The summed E-state index contributed by atoms with van der Waals surface area (Å²) in [6.07, 6.45) is 2.50. The van der Waals surface area contributed by atoms with Crippen molar-refractivity contribution in [3.63, 3.8) is 0 Å². The number of amides is 1. The van der Waals surface area contributed by atoms with Crippen LogP contribution in [0.4, 0.5) is 0 Å². The normalized spacial score (nSPS) is 22.6. The van der Waals surface area contributed by atoms with Crippen molar-refractivity contribution in [3.05, 3.63) is 23.7 Å². The molecule has 1 aromatic rings. The van der Waals surface area contributed by atoms with E-state index in [-0.39, 0.29) is 23.8 Å². The van der Waals surface area contributed by atoms with Crippen molar-refractivity contribution in [1.82, 2.24) is 5.32 Å². The molecule has 18 heavy (non-hydrogen) atoms. The molecule has 98 valence electrons. The Kier molecular flexibility index (Phi) is 3.41.